The fourth-order valence-electron chi connectivity index (χ4n) is 3.71. The van der Waals surface area contributed by atoms with Crippen LogP contribution in [0, 0.1) is 5.92 Å². The Morgan fingerprint density at radius 1 is 1.12 bits per heavy atom. The zero-order valence-electron chi connectivity index (χ0n) is 14.5. The molecule has 4 rings (SSSR count). The molecule has 1 aliphatic carbocycles. The predicted octanol–water partition coefficient (Wildman–Crippen LogP) is 0.348. The quantitative estimate of drug-likeness (QED) is 0.802. The summed E-state index contributed by atoms with van der Waals surface area (Å²) in [5.74, 6) is 0.429. The maximum Gasteiger partial charge on any atom is 0.267 e. The summed E-state index contributed by atoms with van der Waals surface area (Å²) in [7, 11) is 1.70. The number of hydrogen-bond acceptors (Lipinski definition) is 5. The summed E-state index contributed by atoms with van der Waals surface area (Å²) in [4.78, 5) is 30.4. The molecule has 0 unspecified atom stereocenters. The monoisotopic (exact) mass is 341 g/mol. The van der Waals surface area contributed by atoms with Gasteiger partial charge in [-0.1, -0.05) is 0 Å². The smallest absolute Gasteiger partial charge is 0.267 e. The second-order valence-electron chi connectivity index (χ2n) is 7.23. The van der Waals surface area contributed by atoms with E-state index in [1.807, 2.05) is 0 Å². The van der Waals surface area contributed by atoms with Gasteiger partial charge >= 0.3 is 0 Å². The molecule has 0 amide bonds. The van der Waals surface area contributed by atoms with Crippen molar-refractivity contribution in [3.05, 3.63) is 56.1 Å². The second-order valence-corrected chi connectivity index (χ2v) is 7.23. The van der Waals surface area contributed by atoms with Gasteiger partial charge in [0, 0.05) is 44.7 Å². The number of hydrogen-bond donors (Lipinski definition) is 0. The Balaban J connectivity index is 1.36. The van der Waals surface area contributed by atoms with Gasteiger partial charge in [-0.05, 0) is 31.2 Å². The fourth-order valence-corrected chi connectivity index (χ4v) is 3.71. The van der Waals surface area contributed by atoms with E-state index in [9.17, 15) is 9.59 Å². The highest BCUT2D eigenvalue weighted by Gasteiger charge is 2.28. The van der Waals surface area contributed by atoms with Crippen LogP contribution in [-0.4, -0.2) is 37.3 Å². The van der Waals surface area contributed by atoms with Crippen LogP contribution < -0.4 is 11.1 Å². The highest BCUT2D eigenvalue weighted by molar-refractivity contribution is 5.20. The molecular weight excluding hydrogens is 318 g/mol. The number of aryl methyl sites for hydroxylation is 3. The summed E-state index contributed by atoms with van der Waals surface area (Å²) < 4.78 is 3.11. The summed E-state index contributed by atoms with van der Waals surface area (Å²) in [5.41, 5.74) is 3.02. The van der Waals surface area contributed by atoms with E-state index in [-0.39, 0.29) is 11.1 Å². The maximum absolute atomic E-state index is 12.2. The van der Waals surface area contributed by atoms with E-state index in [2.05, 4.69) is 15.0 Å². The van der Waals surface area contributed by atoms with Gasteiger partial charge in [0.1, 0.15) is 0 Å². The van der Waals surface area contributed by atoms with Crippen molar-refractivity contribution in [2.75, 3.05) is 13.1 Å². The lowest BCUT2D eigenvalue weighted by atomic mass is 9.96. The molecule has 1 fully saturated rings. The molecule has 0 radical (unpaired) electrons. The Hall–Kier alpha value is -2.28. The van der Waals surface area contributed by atoms with Crippen molar-refractivity contribution >= 4 is 0 Å². The molecule has 7 heteroatoms. The van der Waals surface area contributed by atoms with E-state index in [0.29, 0.717) is 19.0 Å². The van der Waals surface area contributed by atoms with Crippen molar-refractivity contribution in [1.29, 1.82) is 0 Å². The molecule has 0 bridgehead atoms. The van der Waals surface area contributed by atoms with Crippen molar-refractivity contribution < 1.29 is 0 Å². The third-order valence-corrected chi connectivity index (χ3v) is 5.16. The third-order valence-electron chi connectivity index (χ3n) is 5.16. The van der Waals surface area contributed by atoms with E-state index >= 15 is 0 Å². The zero-order valence-corrected chi connectivity index (χ0v) is 14.5. The molecule has 3 heterocycles. The summed E-state index contributed by atoms with van der Waals surface area (Å²) in [6.45, 7) is 3.16. The second kappa shape index (κ2) is 6.55. The van der Waals surface area contributed by atoms with E-state index in [4.69, 9.17) is 0 Å². The molecule has 7 nitrogen and oxygen atoms in total. The average molecular weight is 341 g/mol. The topological polar surface area (TPSA) is 73.0 Å². The molecule has 0 N–H and O–H groups in total. The minimum atomic E-state index is -0.0353. The van der Waals surface area contributed by atoms with E-state index in [0.717, 1.165) is 49.3 Å². The lowest BCUT2D eigenvalue weighted by molar-refractivity contribution is 0.0750. The van der Waals surface area contributed by atoms with Crippen molar-refractivity contribution in [1.82, 2.24) is 24.2 Å². The molecule has 0 saturated carbocycles. The van der Waals surface area contributed by atoms with E-state index in [1.165, 1.54) is 11.0 Å². The van der Waals surface area contributed by atoms with E-state index < -0.39 is 0 Å². The molecular formula is C18H23N5O2. The van der Waals surface area contributed by atoms with Crippen LogP contribution in [0.2, 0.25) is 0 Å². The molecule has 0 atom stereocenters. The number of nitrogens with zero attached hydrogens (tertiary/aromatic N) is 5. The zero-order chi connectivity index (χ0) is 17.4. The first-order valence-electron chi connectivity index (χ1n) is 8.92. The van der Waals surface area contributed by atoms with Gasteiger partial charge in [-0.15, -0.1) is 0 Å². The summed E-state index contributed by atoms with van der Waals surface area (Å²) in [6, 6.07) is 3.37. The largest absolute Gasteiger partial charge is 0.302 e. The first kappa shape index (κ1) is 16.2. The highest BCUT2D eigenvalue weighted by Crippen LogP contribution is 2.20. The number of aromatic nitrogens is 4. The summed E-state index contributed by atoms with van der Waals surface area (Å²) in [5, 5.41) is 4.59. The van der Waals surface area contributed by atoms with Crippen LogP contribution in [0.1, 0.15) is 29.8 Å². The van der Waals surface area contributed by atoms with Crippen LogP contribution in [0.3, 0.4) is 0 Å². The van der Waals surface area contributed by atoms with E-state index in [1.54, 1.807) is 30.2 Å². The molecule has 25 heavy (non-hydrogen) atoms. The molecule has 1 aliphatic heterocycles. The Bertz CT molecular complexity index is 895. The molecule has 0 spiro atoms. The minimum Gasteiger partial charge on any atom is -0.302 e. The first-order chi connectivity index (χ1) is 12.1. The molecule has 0 aromatic carbocycles. The Morgan fingerprint density at radius 2 is 1.92 bits per heavy atom. The van der Waals surface area contributed by atoms with Gasteiger partial charge in [-0.2, -0.15) is 5.10 Å². The summed E-state index contributed by atoms with van der Waals surface area (Å²) in [6.07, 6.45) is 5.86. The van der Waals surface area contributed by atoms with Gasteiger partial charge in [-0.25, -0.2) is 9.67 Å². The predicted molar refractivity (Wildman–Crippen MR) is 93.4 cm³/mol. The molecule has 2 aromatic rings. The molecule has 132 valence electrons. The van der Waals surface area contributed by atoms with Gasteiger partial charge in [-0.3, -0.25) is 14.5 Å². The minimum absolute atomic E-state index is 0.0207. The Kier molecular flexibility index (Phi) is 4.25. The molecule has 1 saturated heterocycles. The normalized spacial score (nSPS) is 18.0. The van der Waals surface area contributed by atoms with Gasteiger partial charge in [0.2, 0.25) is 0 Å². The Labute approximate surface area is 145 Å². The van der Waals surface area contributed by atoms with Crippen LogP contribution in [0.15, 0.2) is 28.0 Å². The van der Waals surface area contributed by atoms with Crippen LogP contribution >= 0.6 is 0 Å². The van der Waals surface area contributed by atoms with Crippen molar-refractivity contribution in [2.45, 2.75) is 38.8 Å². The Morgan fingerprint density at radius 3 is 2.72 bits per heavy atom. The SMILES string of the molecule is Cn1cnc(CN2CC(Cn3nc4c(cc3=O)CCCC4)C2)cc1=O. The standard InChI is InChI=1S/C18H23N5O2/c1-21-12-19-15(7-17(21)24)11-22-8-13(9-22)10-23-18(25)6-14-4-2-3-5-16(14)20-23/h6-7,12-13H,2-5,8-11H2,1H3. The van der Waals surface area contributed by atoms with Crippen LogP contribution in [0.25, 0.3) is 0 Å². The number of likely N-dealkylation sites (tertiary alicyclic amines) is 1. The maximum atomic E-state index is 12.2. The van der Waals surface area contributed by atoms with Gasteiger partial charge in [0.15, 0.2) is 0 Å². The van der Waals surface area contributed by atoms with Crippen LogP contribution in [0.5, 0.6) is 0 Å². The van der Waals surface area contributed by atoms with Gasteiger partial charge < -0.3 is 4.57 Å². The van der Waals surface area contributed by atoms with Gasteiger partial charge in [0.05, 0.1) is 24.3 Å². The highest BCUT2D eigenvalue weighted by atomic mass is 16.1. The third kappa shape index (κ3) is 3.42. The lowest BCUT2D eigenvalue weighted by Gasteiger charge is -2.39. The average Bonchev–Trinajstić information content (AvgIpc) is 2.56. The number of rotatable bonds is 4. The number of fused-ring (bicyclic) bond motifs is 1. The molecule has 2 aromatic heterocycles. The molecule has 2 aliphatic rings. The van der Waals surface area contributed by atoms with Crippen molar-refractivity contribution in [3.8, 4) is 0 Å². The van der Waals surface area contributed by atoms with Crippen LogP contribution in [-0.2, 0) is 33.0 Å². The van der Waals surface area contributed by atoms with Gasteiger partial charge in [0.25, 0.3) is 11.1 Å². The lowest BCUT2D eigenvalue weighted by Crippen LogP contribution is -2.49. The fraction of sp³-hybridized carbons (Fsp3) is 0.556. The first-order valence-corrected chi connectivity index (χ1v) is 8.92. The summed E-state index contributed by atoms with van der Waals surface area (Å²) >= 11 is 0. The van der Waals surface area contributed by atoms with Crippen molar-refractivity contribution in [2.24, 2.45) is 13.0 Å². The van der Waals surface area contributed by atoms with Crippen molar-refractivity contribution in [3.63, 3.8) is 0 Å². The van der Waals surface area contributed by atoms with Crippen LogP contribution in [0.4, 0.5) is 0 Å².